The Morgan fingerprint density at radius 2 is 2.04 bits per heavy atom. The lowest BCUT2D eigenvalue weighted by atomic mass is 9.87. The van der Waals surface area contributed by atoms with Crippen molar-refractivity contribution in [3.63, 3.8) is 0 Å². The maximum absolute atomic E-state index is 13.0. The predicted octanol–water partition coefficient (Wildman–Crippen LogP) is 2.91. The van der Waals surface area contributed by atoms with E-state index >= 15 is 0 Å². The predicted molar refractivity (Wildman–Crippen MR) is 101 cm³/mol. The lowest BCUT2D eigenvalue weighted by Crippen LogP contribution is -2.48. The fourth-order valence-corrected chi connectivity index (χ4v) is 3.86. The van der Waals surface area contributed by atoms with Crippen LogP contribution in [-0.4, -0.2) is 27.8 Å². The highest BCUT2D eigenvalue weighted by atomic mass is 32.1. The maximum Gasteiger partial charge on any atom is 0.344 e. The molecule has 4 amide bonds. The molecule has 1 fully saturated rings. The molecule has 9 heteroatoms. The second-order valence-electron chi connectivity index (χ2n) is 6.15. The Balaban J connectivity index is 1.56. The minimum atomic E-state index is -1.22. The number of hydrogen-bond acceptors (Lipinski definition) is 6. The van der Waals surface area contributed by atoms with E-state index < -0.39 is 23.4 Å². The maximum atomic E-state index is 13.0. The lowest BCUT2D eigenvalue weighted by molar-refractivity contribution is -0.133. The van der Waals surface area contributed by atoms with Crippen LogP contribution in [0.25, 0.3) is 10.8 Å². The molecule has 0 spiro atoms. The van der Waals surface area contributed by atoms with Gasteiger partial charge in [-0.2, -0.15) is 5.01 Å². The summed E-state index contributed by atoms with van der Waals surface area (Å²) in [6, 6.07) is 11.7. The molecule has 1 atom stereocenters. The van der Waals surface area contributed by atoms with Crippen molar-refractivity contribution in [3.05, 3.63) is 65.4 Å². The molecule has 0 unspecified atom stereocenters. The molecule has 1 aromatic carbocycles. The number of aromatic nitrogens is 1. The van der Waals surface area contributed by atoms with Gasteiger partial charge in [-0.05, 0) is 24.1 Å². The summed E-state index contributed by atoms with van der Waals surface area (Å²) in [7, 11) is 0. The molecule has 142 valence electrons. The van der Waals surface area contributed by atoms with Gasteiger partial charge < -0.3 is 9.73 Å². The van der Waals surface area contributed by atoms with Crippen LogP contribution in [0.1, 0.15) is 29.4 Å². The highest BCUT2D eigenvalue weighted by Gasteiger charge is 2.52. The summed E-state index contributed by atoms with van der Waals surface area (Å²) in [6.07, 6.45) is 1.85. The van der Waals surface area contributed by atoms with Crippen molar-refractivity contribution < 1.29 is 18.8 Å². The van der Waals surface area contributed by atoms with Gasteiger partial charge in [0.05, 0.1) is 6.26 Å². The Hall–Kier alpha value is -3.46. The first-order chi connectivity index (χ1) is 13.5. The van der Waals surface area contributed by atoms with Gasteiger partial charge in [0.15, 0.2) is 10.8 Å². The fraction of sp³-hybridized carbons (Fsp3) is 0.158. The Morgan fingerprint density at radius 1 is 1.25 bits per heavy atom. The number of nitrogens with one attached hydrogen (secondary N) is 2. The molecule has 4 rings (SSSR count). The number of thiazole rings is 1. The number of carbonyl (C=O) groups excluding carboxylic acids is 3. The topological polar surface area (TPSA) is 105 Å². The zero-order chi connectivity index (χ0) is 19.7. The minimum absolute atomic E-state index is 0.0886. The van der Waals surface area contributed by atoms with Crippen LogP contribution in [0.5, 0.6) is 0 Å². The fourth-order valence-electron chi connectivity index (χ4n) is 3.09. The second-order valence-corrected chi connectivity index (χ2v) is 7.01. The van der Waals surface area contributed by atoms with Gasteiger partial charge >= 0.3 is 6.03 Å². The van der Waals surface area contributed by atoms with Crippen LogP contribution in [-0.2, 0) is 10.3 Å². The van der Waals surface area contributed by atoms with Crippen LogP contribution in [0, 0.1) is 0 Å². The van der Waals surface area contributed by atoms with E-state index in [2.05, 4.69) is 15.7 Å². The van der Waals surface area contributed by atoms with E-state index in [9.17, 15) is 14.4 Å². The molecule has 8 nitrogen and oxygen atoms in total. The highest BCUT2D eigenvalue weighted by Crippen LogP contribution is 2.31. The summed E-state index contributed by atoms with van der Waals surface area (Å²) < 4.78 is 5.26. The molecule has 28 heavy (non-hydrogen) atoms. The Kier molecular flexibility index (Phi) is 4.44. The van der Waals surface area contributed by atoms with E-state index in [1.807, 2.05) is 6.07 Å². The number of imide groups is 1. The number of furan rings is 1. The molecule has 0 aliphatic carbocycles. The summed E-state index contributed by atoms with van der Waals surface area (Å²) in [5, 5.41) is 5.49. The smallest absolute Gasteiger partial charge is 0.344 e. The third-order valence-electron chi connectivity index (χ3n) is 4.57. The molecule has 3 aromatic rings. The van der Waals surface area contributed by atoms with E-state index in [0.717, 1.165) is 0 Å². The number of rotatable bonds is 5. The number of benzene rings is 1. The summed E-state index contributed by atoms with van der Waals surface area (Å²) in [6.45, 7) is 1.80. The van der Waals surface area contributed by atoms with Gasteiger partial charge in [-0.25, -0.2) is 9.78 Å². The average molecular weight is 396 g/mol. The average Bonchev–Trinajstić information content (AvgIpc) is 3.45. The van der Waals surface area contributed by atoms with Crippen molar-refractivity contribution in [2.24, 2.45) is 0 Å². The first-order valence-electron chi connectivity index (χ1n) is 8.58. The quantitative estimate of drug-likeness (QED) is 0.645. The monoisotopic (exact) mass is 396 g/mol. The van der Waals surface area contributed by atoms with Crippen molar-refractivity contribution in [2.45, 2.75) is 18.9 Å². The van der Waals surface area contributed by atoms with Crippen LogP contribution in [0.2, 0.25) is 0 Å². The Morgan fingerprint density at radius 3 is 2.71 bits per heavy atom. The van der Waals surface area contributed by atoms with Crippen molar-refractivity contribution in [3.8, 4) is 10.8 Å². The molecule has 2 aromatic heterocycles. The van der Waals surface area contributed by atoms with Crippen LogP contribution < -0.4 is 10.7 Å². The van der Waals surface area contributed by atoms with E-state index in [1.54, 1.807) is 43.3 Å². The molecule has 2 N–H and O–H groups in total. The molecule has 0 radical (unpaired) electrons. The first-order valence-corrected chi connectivity index (χ1v) is 9.46. The first kappa shape index (κ1) is 17.9. The SMILES string of the molecule is CC[C@@]1(c2ccccc2)NC(=O)N(NC(=O)c2csc(-c3ccco3)n2)C1=O. The van der Waals surface area contributed by atoms with E-state index in [-0.39, 0.29) is 5.69 Å². The number of hydrogen-bond donors (Lipinski definition) is 2. The third-order valence-corrected chi connectivity index (χ3v) is 5.43. The number of urea groups is 1. The van der Waals surface area contributed by atoms with Crippen molar-refractivity contribution in [1.82, 2.24) is 20.7 Å². The van der Waals surface area contributed by atoms with Gasteiger partial charge in [0, 0.05) is 5.38 Å². The summed E-state index contributed by atoms with van der Waals surface area (Å²) in [5.74, 6) is -0.660. The van der Waals surface area contributed by atoms with Gasteiger partial charge in [0.25, 0.3) is 11.8 Å². The molecule has 0 bridgehead atoms. The largest absolute Gasteiger partial charge is 0.462 e. The molecule has 3 heterocycles. The van der Waals surface area contributed by atoms with Crippen LogP contribution >= 0.6 is 11.3 Å². The molecule has 1 aliphatic rings. The Labute approximate surface area is 164 Å². The summed E-state index contributed by atoms with van der Waals surface area (Å²) in [5.41, 5.74) is 1.89. The number of hydrazine groups is 1. The zero-order valence-electron chi connectivity index (χ0n) is 14.8. The van der Waals surface area contributed by atoms with Gasteiger partial charge in [-0.1, -0.05) is 37.3 Å². The third kappa shape index (κ3) is 2.85. The normalized spacial score (nSPS) is 19.0. The second kappa shape index (κ2) is 6.93. The molecule has 1 aliphatic heterocycles. The Bertz CT molecular complexity index is 1030. The number of carbonyl (C=O) groups is 3. The van der Waals surface area contributed by atoms with Gasteiger partial charge in [0.1, 0.15) is 11.2 Å². The minimum Gasteiger partial charge on any atom is -0.462 e. The standard InChI is InChI=1S/C19H16N4O4S/c1-2-19(12-7-4-3-5-8-12)17(25)23(18(26)21-19)22-15(24)13-11-28-16(20-13)14-9-6-10-27-14/h3-11H,2H2,1H3,(H,21,26)(H,22,24)/t19-/m0/s1. The van der Waals surface area contributed by atoms with Gasteiger partial charge in [0.2, 0.25) is 0 Å². The lowest BCUT2D eigenvalue weighted by Gasteiger charge is -2.25. The van der Waals surface area contributed by atoms with E-state index in [0.29, 0.717) is 27.8 Å². The zero-order valence-corrected chi connectivity index (χ0v) is 15.7. The summed E-state index contributed by atoms with van der Waals surface area (Å²) >= 11 is 1.23. The molecule has 1 saturated heterocycles. The van der Waals surface area contributed by atoms with Crippen LogP contribution in [0.15, 0.2) is 58.5 Å². The number of amides is 4. The molecular weight excluding hydrogens is 380 g/mol. The van der Waals surface area contributed by atoms with E-state index in [4.69, 9.17) is 4.42 Å². The van der Waals surface area contributed by atoms with Crippen LogP contribution in [0.3, 0.4) is 0 Å². The van der Waals surface area contributed by atoms with Crippen LogP contribution in [0.4, 0.5) is 4.79 Å². The molecule has 0 saturated carbocycles. The van der Waals surface area contributed by atoms with Crippen molar-refractivity contribution in [1.29, 1.82) is 0 Å². The van der Waals surface area contributed by atoms with Gasteiger partial charge in [-0.15, -0.1) is 11.3 Å². The highest BCUT2D eigenvalue weighted by molar-refractivity contribution is 7.13. The van der Waals surface area contributed by atoms with Gasteiger partial charge in [-0.3, -0.25) is 15.0 Å². The van der Waals surface area contributed by atoms with Crippen molar-refractivity contribution >= 4 is 29.2 Å². The molecular formula is C19H16N4O4S. The van der Waals surface area contributed by atoms with E-state index in [1.165, 1.54) is 23.0 Å². The summed E-state index contributed by atoms with van der Waals surface area (Å²) in [4.78, 5) is 42.2. The van der Waals surface area contributed by atoms with Crippen molar-refractivity contribution in [2.75, 3.05) is 0 Å². The number of nitrogens with zero attached hydrogens (tertiary/aromatic N) is 2.